The molecule has 0 aromatic carbocycles. The summed E-state index contributed by atoms with van der Waals surface area (Å²) in [5, 5.41) is 9.40. The molecule has 0 bridgehead atoms. The van der Waals surface area contributed by atoms with Crippen molar-refractivity contribution in [2.75, 3.05) is 18.8 Å². The summed E-state index contributed by atoms with van der Waals surface area (Å²) in [7, 11) is 0. The zero-order valence-corrected chi connectivity index (χ0v) is 13.2. The quantitative estimate of drug-likeness (QED) is 0.844. The van der Waals surface area contributed by atoms with E-state index in [9.17, 15) is 14.7 Å². The van der Waals surface area contributed by atoms with Crippen molar-refractivity contribution >= 4 is 23.6 Å². The molecule has 0 atom stereocenters. The first-order valence-corrected chi connectivity index (χ1v) is 7.90. The van der Waals surface area contributed by atoms with Gasteiger partial charge in [-0.2, -0.15) is 11.8 Å². The Morgan fingerprint density at radius 2 is 1.89 bits per heavy atom. The maximum absolute atomic E-state index is 12.4. The molecule has 1 amide bonds. The van der Waals surface area contributed by atoms with Crippen LogP contribution in [0.15, 0.2) is 0 Å². The van der Waals surface area contributed by atoms with Crippen molar-refractivity contribution < 1.29 is 14.7 Å². The molecule has 5 heteroatoms. The third-order valence-corrected chi connectivity index (χ3v) is 5.37. The van der Waals surface area contributed by atoms with Crippen molar-refractivity contribution in [1.82, 2.24) is 4.90 Å². The molecule has 1 aliphatic heterocycles. The minimum Gasteiger partial charge on any atom is -0.481 e. The fourth-order valence-electron chi connectivity index (χ4n) is 2.51. The molecule has 1 heterocycles. The first-order valence-electron chi connectivity index (χ1n) is 6.91. The van der Waals surface area contributed by atoms with Crippen LogP contribution in [-0.2, 0) is 9.59 Å². The van der Waals surface area contributed by atoms with E-state index in [1.165, 1.54) is 0 Å². The topological polar surface area (TPSA) is 57.6 Å². The maximum atomic E-state index is 12.4. The van der Waals surface area contributed by atoms with Gasteiger partial charge in [0.25, 0.3) is 0 Å². The first kappa shape index (κ1) is 16.3. The van der Waals surface area contributed by atoms with E-state index in [-0.39, 0.29) is 17.1 Å². The summed E-state index contributed by atoms with van der Waals surface area (Å²) in [4.78, 5) is 25.7. The maximum Gasteiger partial charge on any atom is 0.310 e. The molecular formula is C14H25NO3S. The third kappa shape index (κ3) is 3.88. The predicted molar refractivity (Wildman–Crippen MR) is 78.4 cm³/mol. The fraction of sp³-hybridized carbons (Fsp3) is 0.857. The molecule has 0 spiro atoms. The Bertz CT molecular complexity index is 351. The molecule has 110 valence electrons. The molecule has 1 fully saturated rings. The van der Waals surface area contributed by atoms with Crippen molar-refractivity contribution in [2.45, 2.75) is 51.7 Å². The highest BCUT2D eigenvalue weighted by atomic mass is 32.2. The summed E-state index contributed by atoms with van der Waals surface area (Å²) in [5.41, 5.74) is -0.897. The number of thioether (sulfide) groups is 1. The Morgan fingerprint density at radius 3 is 2.32 bits per heavy atom. The number of carboxylic acids is 1. The number of aliphatic carboxylic acids is 1. The van der Waals surface area contributed by atoms with Crippen LogP contribution in [0, 0.1) is 5.41 Å². The van der Waals surface area contributed by atoms with E-state index in [4.69, 9.17) is 0 Å². The van der Waals surface area contributed by atoms with Gasteiger partial charge >= 0.3 is 5.97 Å². The van der Waals surface area contributed by atoms with Crippen LogP contribution in [0.1, 0.15) is 47.0 Å². The number of carbonyl (C=O) groups is 2. The van der Waals surface area contributed by atoms with Crippen LogP contribution in [0.5, 0.6) is 0 Å². The summed E-state index contributed by atoms with van der Waals surface area (Å²) in [5.74, 6) is 0.0628. The van der Waals surface area contributed by atoms with Crippen LogP contribution in [0.4, 0.5) is 0 Å². The van der Waals surface area contributed by atoms with E-state index in [1.54, 1.807) is 0 Å². The summed E-state index contributed by atoms with van der Waals surface area (Å²) in [6, 6.07) is 0. The van der Waals surface area contributed by atoms with Crippen molar-refractivity contribution in [2.24, 2.45) is 5.41 Å². The largest absolute Gasteiger partial charge is 0.481 e. The van der Waals surface area contributed by atoms with Crippen LogP contribution in [0.3, 0.4) is 0 Å². The number of nitrogens with zero attached hydrogens (tertiary/aromatic N) is 1. The molecule has 4 nitrogen and oxygen atoms in total. The van der Waals surface area contributed by atoms with Crippen molar-refractivity contribution in [3.8, 4) is 0 Å². The lowest BCUT2D eigenvalue weighted by Crippen LogP contribution is -2.48. The minimum absolute atomic E-state index is 0.0144. The molecule has 0 saturated carbocycles. The Kier molecular flexibility index (Phi) is 5.30. The molecule has 1 N–H and O–H groups in total. The van der Waals surface area contributed by atoms with Crippen LogP contribution in [0.2, 0.25) is 0 Å². The minimum atomic E-state index is -0.897. The Hall–Kier alpha value is -0.710. The molecular weight excluding hydrogens is 262 g/mol. The summed E-state index contributed by atoms with van der Waals surface area (Å²) >= 11 is 1.87. The standard InChI is InChI=1S/C14H25NO3S/c1-5-14(6-2,12(17)18)9-11(16)15-7-8-19-13(3,4)10-15/h5-10H2,1-4H3,(H,17,18). The number of rotatable bonds is 5. The lowest BCUT2D eigenvalue weighted by molar-refractivity contribution is -0.154. The predicted octanol–water partition coefficient (Wildman–Crippen LogP) is 2.62. The van der Waals surface area contributed by atoms with E-state index in [2.05, 4.69) is 13.8 Å². The number of hydrogen-bond donors (Lipinski definition) is 1. The van der Waals surface area contributed by atoms with Gasteiger partial charge in [0.1, 0.15) is 0 Å². The fourth-order valence-corrected chi connectivity index (χ4v) is 3.62. The average molecular weight is 287 g/mol. The van der Waals surface area contributed by atoms with Gasteiger partial charge in [0.05, 0.1) is 5.41 Å². The van der Waals surface area contributed by atoms with Gasteiger partial charge < -0.3 is 10.0 Å². The Balaban J connectivity index is 2.75. The van der Waals surface area contributed by atoms with E-state index in [0.717, 1.165) is 12.3 Å². The van der Waals surface area contributed by atoms with Crippen molar-refractivity contribution in [1.29, 1.82) is 0 Å². The molecule has 0 radical (unpaired) electrons. The molecule has 0 aromatic rings. The average Bonchev–Trinajstić information content (AvgIpc) is 2.34. The van der Waals surface area contributed by atoms with Gasteiger partial charge in [-0.15, -0.1) is 0 Å². The summed E-state index contributed by atoms with van der Waals surface area (Å²) < 4.78 is 0.0677. The molecule has 0 aromatic heterocycles. The summed E-state index contributed by atoms with van der Waals surface area (Å²) in [6.07, 6.45) is 1.11. The van der Waals surface area contributed by atoms with Gasteiger partial charge in [0.2, 0.25) is 5.91 Å². The van der Waals surface area contributed by atoms with Gasteiger partial charge in [-0.3, -0.25) is 9.59 Å². The molecule has 0 aliphatic carbocycles. The Morgan fingerprint density at radius 1 is 1.32 bits per heavy atom. The van der Waals surface area contributed by atoms with Crippen molar-refractivity contribution in [3.63, 3.8) is 0 Å². The normalized spacial score (nSPS) is 19.3. The second kappa shape index (κ2) is 6.16. The van der Waals surface area contributed by atoms with Crippen molar-refractivity contribution in [3.05, 3.63) is 0 Å². The first-order chi connectivity index (χ1) is 8.76. The van der Waals surface area contributed by atoms with Crippen LogP contribution in [0.25, 0.3) is 0 Å². The summed E-state index contributed by atoms with van der Waals surface area (Å²) in [6.45, 7) is 9.39. The van der Waals surface area contributed by atoms with Gasteiger partial charge in [-0.25, -0.2) is 0 Å². The highest BCUT2D eigenvalue weighted by Crippen LogP contribution is 2.34. The van der Waals surface area contributed by atoms with Crippen LogP contribution >= 0.6 is 11.8 Å². The second-order valence-electron chi connectivity index (χ2n) is 5.89. The molecule has 1 aliphatic rings. The third-order valence-electron chi connectivity index (χ3n) is 4.08. The molecule has 1 rings (SSSR count). The monoisotopic (exact) mass is 287 g/mol. The lowest BCUT2D eigenvalue weighted by atomic mass is 9.79. The molecule has 0 unspecified atom stereocenters. The van der Waals surface area contributed by atoms with Gasteiger partial charge in [-0.1, -0.05) is 13.8 Å². The zero-order chi connectivity index (χ0) is 14.7. The smallest absolute Gasteiger partial charge is 0.310 e. The number of carboxylic acid groups (broad SMARTS) is 1. The zero-order valence-electron chi connectivity index (χ0n) is 12.4. The van der Waals surface area contributed by atoms with Gasteiger partial charge in [0.15, 0.2) is 0 Å². The molecule has 19 heavy (non-hydrogen) atoms. The van der Waals surface area contributed by atoms with Crippen LogP contribution < -0.4 is 0 Å². The number of carbonyl (C=O) groups excluding carboxylic acids is 1. The number of hydrogen-bond acceptors (Lipinski definition) is 3. The lowest BCUT2D eigenvalue weighted by Gasteiger charge is -2.39. The highest BCUT2D eigenvalue weighted by Gasteiger charge is 2.39. The number of amides is 1. The van der Waals surface area contributed by atoms with E-state index < -0.39 is 11.4 Å². The van der Waals surface area contributed by atoms with E-state index >= 15 is 0 Å². The highest BCUT2D eigenvalue weighted by molar-refractivity contribution is 8.00. The van der Waals surface area contributed by atoms with Gasteiger partial charge in [0, 0.05) is 30.0 Å². The van der Waals surface area contributed by atoms with Gasteiger partial charge in [-0.05, 0) is 26.7 Å². The molecule has 1 saturated heterocycles. The SMILES string of the molecule is CCC(CC)(CC(=O)N1CCSC(C)(C)C1)C(=O)O. The van der Waals surface area contributed by atoms with Crippen LogP contribution in [-0.4, -0.2) is 45.5 Å². The Labute approximate surface area is 119 Å². The van der Waals surface area contributed by atoms with E-state index in [1.807, 2.05) is 30.5 Å². The second-order valence-corrected chi connectivity index (χ2v) is 7.69. The van der Waals surface area contributed by atoms with E-state index in [0.29, 0.717) is 19.4 Å².